The van der Waals surface area contributed by atoms with Crippen LogP contribution >= 0.6 is 0 Å². The molecule has 2 fully saturated rings. The number of unbranched alkanes of at least 4 members (excludes halogenated alkanes) is 2. The third-order valence-electron chi connectivity index (χ3n) is 7.43. The summed E-state index contributed by atoms with van der Waals surface area (Å²) < 4.78 is 11.6. The molecule has 6 rings (SSSR count). The minimum absolute atomic E-state index is 0.0181. The highest BCUT2D eigenvalue weighted by Crippen LogP contribution is 2.68. The van der Waals surface area contributed by atoms with Gasteiger partial charge in [0.1, 0.15) is 11.5 Å². The first-order chi connectivity index (χ1) is 13.6. The summed E-state index contributed by atoms with van der Waals surface area (Å²) in [5, 5.41) is 0. The molecule has 6 aliphatic rings. The fraction of sp³-hybridized carbons (Fsp3) is 0.583. The summed E-state index contributed by atoms with van der Waals surface area (Å²) in [6.07, 6.45) is 14.1. The fourth-order valence-electron chi connectivity index (χ4n) is 6.29. The van der Waals surface area contributed by atoms with Gasteiger partial charge in [-0.05, 0) is 62.5 Å². The quantitative estimate of drug-likeness (QED) is 0.635. The minimum atomic E-state index is -0.452. The maximum atomic E-state index is 13.0. The highest BCUT2D eigenvalue weighted by molar-refractivity contribution is 5.99. The lowest BCUT2D eigenvalue weighted by atomic mass is 9.47. The SMILES string of the molecule is CCC/C=C1\OC(=O)C2=C[C@@H]3CCC21C1C2=C(CCC13)/C(=C\CCC)OC2=O. The van der Waals surface area contributed by atoms with Crippen molar-refractivity contribution in [3.63, 3.8) is 0 Å². The molecule has 0 aromatic carbocycles. The predicted octanol–water partition coefficient (Wildman–Crippen LogP) is 5.13. The van der Waals surface area contributed by atoms with Gasteiger partial charge in [-0.15, -0.1) is 0 Å². The van der Waals surface area contributed by atoms with Crippen molar-refractivity contribution in [3.05, 3.63) is 46.5 Å². The van der Waals surface area contributed by atoms with Crippen molar-refractivity contribution in [1.82, 2.24) is 0 Å². The maximum absolute atomic E-state index is 13.0. The van der Waals surface area contributed by atoms with Crippen LogP contribution in [0.25, 0.3) is 0 Å². The lowest BCUT2D eigenvalue weighted by Gasteiger charge is -2.54. The Morgan fingerprint density at radius 3 is 2.64 bits per heavy atom. The van der Waals surface area contributed by atoms with E-state index in [1.54, 1.807) is 0 Å². The molecule has 3 unspecified atom stereocenters. The van der Waals surface area contributed by atoms with Gasteiger partial charge in [0.2, 0.25) is 0 Å². The molecule has 4 heteroatoms. The van der Waals surface area contributed by atoms with E-state index >= 15 is 0 Å². The number of carbonyl (C=O) groups is 2. The lowest BCUT2D eigenvalue weighted by molar-refractivity contribution is -0.135. The second-order valence-corrected chi connectivity index (χ2v) is 8.82. The zero-order chi connectivity index (χ0) is 19.5. The molecule has 0 amide bonds. The van der Waals surface area contributed by atoms with E-state index in [4.69, 9.17) is 9.47 Å². The molecule has 0 aromatic heterocycles. The van der Waals surface area contributed by atoms with Gasteiger partial charge in [0, 0.05) is 22.6 Å². The van der Waals surface area contributed by atoms with Gasteiger partial charge in [0.15, 0.2) is 0 Å². The molecule has 2 bridgehead atoms. The maximum Gasteiger partial charge on any atom is 0.340 e. The highest BCUT2D eigenvalue weighted by atomic mass is 16.5. The van der Waals surface area contributed by atoms with Crippen molar-refractivity contribution in [2.45, 2.75) is 65.2 Å². The van der Waals surface area contributed by atoms with Crippen LogP contribution in [0, 0.1) is 23.2 Å². The standard InChI is InChI=1S/C24H28O4/c1-3-5-7-18-16-10-9-15-14-11-12-24(21(15)20(16)23(26)27-18)17(13-14)22(25)28-19(24)8-6-4-2/h7-8,13-15,21H,3-6,9-12H2,1-2H3/b18-7+,19-8-/t14-,15?,21?,24?/m0/s1. The zero-order valence-electron chi connectivity index (χ0n) is 16.8. The van der Waals surface area contributed by atoms with E-state index in [9.17, 15) is 9.59 Å². The Labute approximate surface area is 166 Å². The Morgan fingerprint density at radius 1 is 1.07 bits per heavy atom. The normalized spacial score (nSPS) is 38.4. The Balaban J connectivity index is 1.68. The summed E-state index contributed by atoms with van der Waals surface area (Å²) in [5.74, 6) is 1.96. The number of allylic oxidation sites excluding steroid dienone is 5. The van der Waals surface area contributed by atoms with Gasteiger partial charge in [-0.1, -0.05) is 32.8 Å². The molecule has 0 radical (unpaired) electrons. The molecule has 2 aliphatic heterocycles. The summed E-state index contributed by atoms with van der Waals surface area (Å²) in [6, 6.07) is 0. The summed E-state index contributed by atoms with van der Waals surface area (Å²) in [5.41, 5.74) is 2.29. The van der Waals surface area contributed by atoms with Crippen LogP contribution in [0.2, 0.25) is 0 Å². The number of cyclic esters (lactones) is 2. The van der Waals surface area contributed by atoms with Crippen molar-refractivity contribution >= 4 is 11.9 Å². The molecule has 0 aromatic rings. The molecule has 4 atom stereocenters. The number of carbonyl (C=O) groups excluding carboxylic acids is 2. The van der Waals surface area contributed by atoms with Gasteiger partial charge in [-0.25, -0.2) is 9.59 Å². The summed E-state index contributed by atoms with van der Waals surface area (Å²) in [6.45, 7) is 4.26. The van der Waals surface area contributed by atoms with E-state index in [1.165, 1.54) is 0 Å². The number of rotatable bonds is 4. The van der Waals surface area contributed by atoms with Gasteiger partial charge in [-0.3, -0.25) is 0 Å². The van der Waals surface area contributed by atoms with Crippen LogP contribution in [0.5, 0.6) is 0 Å². The number of hydrogen-bond acceptors (Lipinski definition) is 4. The smallest absolute Gasteiger partial charge is 0.340 e. The first-order valence-corrected chi connectivity index (χ1v) is 10.9. The lowest BCUT2D eigenvalue weighted by Crippen LogP contribution is -2.50. The Hall–Kier alpha value is -2.10. The Morgan fingerprint density at radius 2 is 1.86 bits per heavy atom. The van der Waals surface area contributed by atoms with Crippen LogP contribution in [-0.2, 0) is 19.1 Å². The van der Waals surface area contributed by atoms with Crippen molar-refractivity contribution in [2.75, 3.05) is 0 Å². The van der Waals surface area contributed by atoms with E-state index < -0.39 is 5.41 Å². The third kappa shape index (κ3) is 2.23. The number of fused-ring (bicyclic) bond motifs is 1. The first kappa shape index (κ1) is 18.0. The Bertz CT molecular complexity index is 871. The van der Waals surface area contributed by atoms with Crippen molar-refractivity contribution < 1.29 is 19.1 Å². The molecule has 0 N–H and O–H groups in total. The fourth-order valence-corrected chi connectivity index (χ4v) is 6.29. The molecule has 148 valence electrons. The number of esters is 2. The molecular weight excluding hydrogens is 352 g/mol. The minimum Gasteiger partial charge on any atom is -0.427 e. The van der Waals surface area contributed by atoms with Gasteiger partial charge in [0.25, 0.3) is 0 Å². The van der Waals surface area contributed by atoms with Gasteiger partial charge < -0.3 is 9.47 Å². The van der Waals surface area contributed by atoms with Crippen LogP contribution in [0.1, 0.15) is 65.2 Å². The molecule has 2 heterocycles. The van der Waals surface area contributed by atoms with Crippen LogP contribution in [0.3, 0.4) is 0 Å². The molecule has 4 aliphatic carbocycles. The molecule has 4 nitrogen and oxygen atoms in total. The molecule has 1 saturated carbocycles. The zero-order valence-corrected chi connectivity index (χ0v) is 16.8. The second kappa shape index (κ2) is 6.47. The third-order valence-corrected chi connectivity index (χ3v) is 7.43. The van der Waals surface area contributed by atoms with Crippen LogP contribution in [-0.4, -0.2) is 11.9 Å². The van der Waals surface area contributed by atoms with E-state index in [-0.39, 0.29) is 17.9 Å². The van der Waals surface area contributed by atoms with Gasteiger partial charge in [0.05, 0.1) is 5.41 Å². The van der Waals surface area contributed by atoms with E-state index in [0.717, 1.165) is 79.6 Å². The average Bonchev–Trinajstić information content (AvgIpc) is 3.19. The largest absolute Gasteiger partial charge is 0.427 e. The van der Waals surface area contributed by atoms with Crippen LogP contribution in [0.15, 0.2) is 46.5 Å². The second-order valence-electron chi connectivity index (χ2n) is 8.82. The monoisotopic (exact) mass is 380 g/mol. The van der Waals surface area contributed by atoms with Crippen molar-refractivity contribution in [3.8, 4) is 0 Å². The van der Waals surface area contributed by atoms with E-state index in [0.29, 0.717) is 11.8 Å². The van der Waals surface area contributed by atoms with E-state index in [1.807, 2.05) is 0 Å². The van der Waals surface area contributed by atoms with Gasteiger partial charge >= 0.3 is 11.9 Å². The number of ether oxygens (including phenoxy) is 2. The van der Waals surface area contributed by atoms with Crippen molar-refractivity contribution in [1.29, 1.82) is 0 Å². The number of hydrogen-bond donors (Lipinski definition) is 0. The summed E-state index contributed by atoms with van der Waals surface area (Å²) >= 11 is 0. The van der Waals surface area contributed by atoms with Crippen LogP contribution < -0.4 is 0 Å². The summed E-state index contributed by atoms with van der Waals surface area (Å²) in [7, 11) is 0. The molecule has 1 saturated heterocycles. The van der Waals surface area contributed by atoms with Crippen LogP contribution in [0.4, 0.5) is 0 Å². The first-order valence-electron chi connectivity index (χ1n) is 10.9. The highest BCUT2D eigenvalue weighted by Gasteiger charge is 2.66. The van der Waals surface area contributed by atoms with E-state index in [2.05, 4.69) is 32.1 Å². The predicted molar refractivity (Wildman–Crippen MR) is 105 cm³/mol. The average molecular weight is 380 g/mol. The topological polar surface area (TPSA) is 52.6 Å². The summed E-state index contributed by atoms with van der Waals surface area (Å²) in [4.78, 5) is 25.8. The Kier molecular flexibility index (Phi) is 4.15. The molecule has 28 heavy (non-hydrogen) atoms. The van der Waals surface area contributed by atoms with Crippen molar-refractivity contribution in [2.24, 2.45) is 23.2 Å². The molecule has 1 spiro atoms. The van der Waals surface area contributed by atoms with Gasteiger partial charge in [-0.2, -0.15) is 0 Å². The molecular formula is C24H28O4.